The maximum absolute atomic E-state index is 14.5. The van der Waals surface area contributed by atoms with Gasteiger partial charge in [-0.05, 0) is 46.2 Å². The van der Waals surface area contributed by atoms with Crippen molar-refractivity contribution in [3.8, 4) is 5.75 Å². The second kappa shape index (κ2) is 7.00. The third kappa shape index (κ3) is 3.41. The van der Waals surface area contributed by atoms with Crippen LogP contribution in [0.25, 0.3) is 0 Å². The summed E-state index contributed by atoms with van der Waals surface area (Å²) in [6.07, 6.45) is 0. The molecule has 0 spiro atoms. The van der Waals surface area contributed by atoms with Gasteiger partial charge in [0.05, 0.1) is 17.6 Å². The van der Waals surface area contributed by atoms with Crippen molar-refractivity contribution in [1.29, 1.82) is 0 Å². The molecule has 0 bridgehead atoms. The first-order chi connectivity index (χ1) is 10.1. The minimum absolute atomic E-state index is 0.191. The van der Waals surface area contributed by atoms with Gasteiger partial charge in [-0.25, -0.2) is 8.78 Å². The molecule has 0 aliphatic heterocycles. The van der Waals surface area contributed by atoms with E-state index in [0.29, 0.717) is 16.6 Å². The standard InChI is InChI=1S/C16H16BrF2NO/c1-3-20-16(10-7-8-13(18)12(17)9-10)11-5-4-6-14(21-2)15(11)19/h4-9,16,20H,3H2,1-2H3. The second-order valence-electron chi connectivity index (χ2n) is 4.53. The minimum Gasteiger partial charge on any atom is -0.494 e. The highest BCUT2D eigenvalue weighted by Crippen LogP contribution is 2.31. The summed E-state index contributed by atoms with van der Waals surface area (Å²) in [5.41, 5.74) is 1.24. The summed E-state index contributed by atoms with van der Waals surface area (Å²) < 4.78 is 33.2. The number of benzene rings is 2. The molecule has 0 heterocycles. The third-order valence-electron chi connectivity index (χ3n) is 3.21. The summed E-state index contributed by atoms with van der Waals surface area (Å²) in [5.74, 6) is -0.567. The van der Waals surface area contributed by atoms with E-state index in [4.69, 9.17) is 4.74 Å². The van der Waals surface area contributed by atoms with Crippen LogP contribution in [0.3, 0.4) is 0 Å². The van der Waals surface area contributed by atoms with Crippen LogP contribution in [0, 0.1) is 11.6 Å². The van der Waals surface area contributed by atoms with E-state index in [2.05, 4.69) is 21.2 Å². The summed E-state index contributed by atoms with van der Waals surface area (Å²) in [7, 11) is 1.43. The molecule has 2 rings (SSSR count). The SMILES string of the molecule is CCNC(c1ccc(F)c(Br)c1)c1cccc(OC)c1F. The predicted octanol–water partition coefficient (Wildman–Crippen LogP) is 4.43. The van der Waals surface area contributed by atoms with E-state index >= 15 is 0 Å². The molecule has 0 amide bonds. The topological polar surface area (TPSA) is 21.3 Å². The van der Waals surface area contributed by atoms with E-state index in [-0.39, 0.29) is 17.6 Å². The fraction of sp³-hybridized carbons (Fsp3) is 0.250. The predicted molar refractivity (Wildman–Crippen MR) is 82.6 cm³/mol. The van der Waals surface area contributed by atoms with E-state index in [9.17, 15) is 8.78 Å². The monoisotopic (exact) mass is 355 g/mol. The Morgan fingerprint density at radius 2 is 2.00 bits per heavy atom. The number of hydrogen-bond donors (Lipinski definition) is 1. The van der Waals surface area contributed by atoms with Crippen LogP contribution in [0.1, 0.15) is 24.1 Å². The van der Waals surface area contributed by atoms with Crippen LogP contribution in [0.2, 0.25) is 0 Å². The van der Waals surface area contributed by atoms with Crippen LogP contribution >= 0.6 is 15.9 Å². The zero-order valence-electron chi connectivity index (χ0n) is 11.8. The molecule has 1 atom stereocenters. The second-order valence-corrected chi connectivity index (χ2v) is 5.38. The third-order valence-corrected chi connectivity index (χ3v) is 3.82. The van der Waals surface area contributed by atoms with E-state index in [1.165, 1.54) is 13.2 Å². The summed E-state index contributed by atoms with van der Waals surface area (Å²) in [6, 6.07) is 9.29. The van der Waals surface area contributed by atoms with Gasteiger partial charge in [0.2, 0.25) is 0 Å². The first-order valence-corrected chi connectivity index (χ1v) is 7.38. The van der Waals surface area contributed by atoms with E-state index in [0.717, 1.165) is 5.56 Å². The molecular weight excluding hydrogens is 340 g/mol. The van der Waals surface area contributed by atoms with Crippen molar-refractivity contribution < 1.29 is 13.5 Å². The lowest BCUT2D eigenvalue weighted by atomic mass is 9.97. The van der Waals surface area contributed by atoms with Gasteiger partial charge in [-0.1, -0.05) is 25.1 Å². The highest BCUT2D eigenvalue weighted by molar-refractivity contribution is 9.10. The maximum Gasteiger partial charge on any atom is 0.170 e. The van der Waals surface area contributed by atoms with Crippen LogP contribution in [-0.2, 0) is 0 Å². The molecule has 1 unspecified atom stereocenters. The minimum atomic E-state index is -0.411. The average Bonchev–Trinajstić information content (AvgIpc) is 2.48. The first-order valence-electron chi connectivity index (χ1n) is 6.59. The van der Waals surface area contributed by atoms with Gasteiger partial charge in [-0.3, -0.25) is 0 Å². The first kappa shape index (κ1) is 15.9. The molecule has 21 heavy (non-hydrogen) atoms. The smallest absolute Gasteiger partial charge is 0.170 e. The molecule has 0 aliphatic rings. The summed E-state index contributed by atoms with van der Waals surface area (Å²) in [4.78, 5) is 0. The zero-order valence-corrected chi connectivity index (χ0v) is 13.4. The highest BCUT2D eigenvalue weighted by Gasteiger charge is 2.20. The lowest BCUT2D eigenvalue weighted by Crippen LogP contribution is -2.23. The molecular formula is C16H16BrF2NO. The number of methoxy groups -OCH3 is 1. The Bertz CT molecular complexity index is 634. The Morgan fingerprint density at radius 3 is 2.62 bits per heavy atom. The van der Waals surface area contributed by atoms with Gasteiger partial charge in [0.15, 0.2) is 11.6 Å². The zero-order chi connectivity index (χ0) is 15.4. The van der Waals surface area contributed by atoms with Gasteiger partial charge in [0, 0.05) is 5.56 Å². The fourth-order valence-corrected chi connectivity index (χ4v) is 2.61. The van der Waals surface area contributed by atoms with Crippen molar-refractivity contribution in [1.82, 2.24) is 5.32 Å². The lowest BCUT2D eigenvalue weighted by molar-refractivity contribution is 0.381. The van der Waals surface area contributed by atoms with Crippen LogP contribution in [0.5, 0.6) is 5.75 Å². The number of rotatable bonds is 5. The number of ether oxygens (including phenoxy) is 1. The molecule has 0 radical (unpaired) electrons. The Hall–Kier alpha value is -1.46. The molecule has 0 aliphatic carbocycles. The Kier molecular flexibility index (Phi) is 5.31. The largest absolute Gasteiger partial charge is 0.494 e. The Labute approximate surface area is 131 Å². The van der Waals surface area contributed by atoms with Crippen molar-refractivity contribution in [2.75, 3.05) is 13.7 Å². The molecule has 2 aromatic rings. The molecule has 0 saturated heterocycles. The quantitative estimate of drug-likeness (QED) is 0.856. The number of halogens is 3. The average molecular weight is 356 g/mol. The molecule has 112 valence electrons. The molecule has 2 aromatic carbocycles. The molecule has 2 nitrogen and oxygen atoms in total. The van der Waals surface area contributed by atoms with E-state index in [1.54, 1.807) is 30.3 Å². The molecule has 0 aromatic heterocycles. The van der Waals surface area contributed by atoms with Gasteiger partial charge in [-0.2, -0.15) is 0 Å². The summed E-state index contributed by atoms with van der Waals surface area (Å²) >= 11 is 3.16. The normalized spacial score (nSPS) is 12.2. The van der Waals surface area contributed by atoms with Gasteiger partial charge < -0.3 is 10.1 Å². The van der Waals surface area contributed by atoms with Gasteiger partial charge in [0.1, 0.15) is 5.82 Å². The van der Waals surface area contributed by atoms with Crippen LogP contribution in [0.15, 0.2) is 40.9 Å². The van der Waals surface area contributed by atoms with E-state index < -0.39 is 5.82 Å². The van der Waals surface area contributed by atoms with Gasteiger partial charge in [-0.15, -0.1) is 0 Å². The highest BCUT2D eigenvalue weighted by atomic mass is 79.9. The Morgan fingerprint density at radius 1 is 1.24 bits per heavy atom. The van der Waals surface area contributed by atoms with Crippen LogP contribution in [-0.4, -0.2) is 13.7 Å². The van der Waals surface area contributed by atoms with Crippen molar-refractivity contribution in [3.63, 3.8) is 0 Å². The van der Waals surface area contributed by atoms with Crippen LogP contribution < -0.4 is 10.1 Å². The molecule has 0 saturated carbocycles. The summed E-state index contributed by atoms with van der Waals surface area (Å²) in [5, 5.41) is 3.22. The number of nitrogens with one attached hydrogen (secondary N) is 1. The molecule has 1 N–H and O–H groups in total. The summed E-state index contributed by atoms with van der Waals surface area (Å²) in [6.45, 7) is 2.58. The van der Waals surface area contributed by atoms with Gasteiger partial charge >= 0.3 is 0 Å². The van der Waals surface area contributed by atoms with Crippen LogP contribution in [0.4, 0.5) is 8.78 Å². The fourth-order valence-electron chi connectivity index (χ4n) is 2.21. The van der Waals surface area contributed by atoms with Crippen molar-refractivity contribution in [2.24, 2.45) is 0 Å². The lowest BCUT2D eigenvalue weighted by Gasteiger charge is -2.20. The van der Waals surface area contributed by atoms with Crippen molar-refractivity contribution >= 4 is 15.9 Å². The van der Waals surface area contributed by atoms with Crippen molar-refractivity contribution in [2.45, 2.75) is 13.0 Å². The van der Waals surface area contributed by atoms with Crippen molar-refractivity contribution in [3.05, 3.63) is 63.6 Å². The van der Waals surface area contributed by atoms with Gasteiger partial charge in [0.25, 0.3) is 0 Å². The van der Waals surface area contributed by atoms with E-state index in [1.807, 2.05) is 6.92 Å². The number of hydrogen-bond acceptors (Lipinski definition) is 2. The Balaban J connectivity index is 2.50. The maximum atomic E-state index is 14.5. The molecule has 0 fully saturated rings. The molecule has 5 heteroatoms.